The zero-order chi connectivity index (χ0) is 19.5. The molecule has 6 heteroatoms. The van der Waals surface area contributed by atoms with Gasteiger partial charge in [0.15, 0.2) is 0 Å². The molecule has 26 heavy (non-hydrogen) atoms. The van der Waals surface area contributed by atoms with E-state index in [2.05, 4.69) is 10.6 Å². The van der Waals surface area contributed by atoms with Crippen LogP contribution in [0.1, 0.15) is 39.2 Å². The summed E-state index contributed by atoms with van der Waals surface area (Å²) in [6.45, 7) is 5.28. The fourth-order valence-corrected chi connectivity index (χ4v) is 2.48. The van der Waals surface area contributed by atoms with E-state index >= 15 is 0 Å². The fourth-order valence-electron chi connectivity index (χ4n) is 2.48. The van der Waals surface area contributed by atoms with Gasteiger partial charge in [-0.25, -0.2) is 4.79 Å². The van der Waals surface area contributed by atoms with Crippen LogP contribution in [0, 0.1) is 5.92 Å². The highest BCUT2D eigenvalue weighted by atomic mass is 16.5. The molecular weight excluding hydrogens is 332 g/mol. The summed E-state index contributed by atoms with van der Waals surface area (Å²) in [7, 11) is 1.28. The summed E-state index contributed by atoms with van der Waals surface area (Å²) in [5.74, 6) is -0.990. The first-order valence-corrected chi connectivity index (χ1v) is 8.70. The highest BCUT2D eigenvalue weighted by Gasteiger charge is 2.26. The summed E-state index contributed by atoms with van der Waals surface area (Å²) in [6, 6.07) is 8.15. The molecule has 1 rings (SSSR count). The van der Waals surface area contributed by atoms with E-state index < -0.39 is 24.0 Å². The largest absolute Gasteiger partial charge is 0.467 e. The lowest BCUT2D eigenvalue weighted by atomic mass is 10.0. The van der Waals surface area contributed by atoms with Crippen LogP contribution in [0.3, 0.4) is 0 Å². The summed E-state index contributed by atoms with van der Waals surface area (Å²) >= 11 is 0. The van der Waals surface area contributed by atoms with Crippen molar-refractivity contribution in [1.29, 1.82) is 0 Å². The second-order valence-corrected chi connectivity index (χ2v) is 6.52. The normalized spacial score (nSPS) is 13.3. The molecule has 2 N–H and O–H groups in total. The van der Waals surface area contributed by atoms with Gasteiger partial charge in [-0.2, -0.15) is 0 Å². The predicted octanol–water partition coefficient (Wildman–Crippen LogP) is 2.30. The second-order valence-electron chi connectivity index (χ2n) is 6.52. The summed E-state index contributed by atoms with van der Waals surface area (Å²) in [4.78, 5) is 35.9. The third-order valence-electron chi connectivity index (χ3n) is 3.68. The first kappa shape index (κ1) is 21.4. The average Bonchev–Trinajstić information content (AvgIpc) is 2.59. The number of benzene rings is 1. The molecule has 0 fully saturated rings. The zero-order valence-electron chi connectivity index (χ0n) is 15.8. The minimum Gasteiger partial charge on any atom is -0.467 e. The maximum absolute atomic E-state index is 12.5. The fraction of sp³-hybridized carbons (Fsp3) is 0.450. The van der Waals surface area contributed by atoms with E-state index in [1.165, 1.54) is 14.0 Å². The molecule has 1 aromatic rings. The Morgan fingerprint density at radius 1 is 1.08 bits per heavy atom. The molecule has 0 unspecified atom stereocenters. The van der Waals surface area contributed by atoms with Crippen LogP contribution in [0.4, 0.5) is 0 Å². The number of carbonyl (C=O) groups is 3. The van der Waals surface area contributed by atoms with Crippen LogP contribution in [0.5, 0.6) is 0 Å². The Balaban J connectivity index is 2.78. The van der Waals surface area contributed by atoms with Crippen molar-refractivity contribution in [3.8, 4) is 0 Å². The number of hydrogen-bond donors (Lipinski definition) is 2. The molecule has 142 valence electrons. The molecule has 0 aliphatic carbocycles. The van der Waals surface area contributed by atoms with Gasteiger partial charge >= 0.3 is 5.97 Å². The van der Waals surface area contributed by atoms with Crippen LogP contribution in [0.2, 0.25) is 0 Å². The van der Waals surface area contributed by atoms with Crippen molar-refractivity contribution in [3.05, 3.63) is 42.0 Å². The Morgan fingerprint density at radius 2 is 1.73 bits per heavy atom. The number of rotatable bonds is 9. The Kier molecular flexibility index (Phi) is 9.12. The number of hydrogen-bond acceptors (Lipinski definition) is 4. The lowest BCUT2D eigenvalue weighted by Crippen LogP contribution is -2.51. The Labute approximate surface area is 155 Å². The van der Waals surface area contributed by atoms with Gasteiger partial charge in [0.1, 0.15) is 12.1 Å². The predicted molar refractivity (Wildman–Crippen MR) is 101 cm³/mol. The van der Waals surface area contributed by atoms with Gasteiger partial charge in [-0.05, 0) is 24.3 Å². The van der Waals surface area contributed by atoms with E-state index in [1.807, 2.05) is 56.3 Å². The van der Waals surface area contributed by atoms with Crippen molar-refractivity contribution in [2.24, 2.45) is 5.92 Å². The minimum absolute atomic E-state index is 0.215. The van der Waals surface area contributed by atoms with Crippen molar-refractivity contribution >= 4 is 23.9 Å². The highest BCUT2D eigenvalue weighted by Crippen LogP contribution is 2.08. The molecular formula is C20H28N2O4. The van der Waals surface area contributed by atoms with Crippen LogP contribution in [0.15, 0.2) is 36.4 Å². The number of methoxy groups -OCH3 is 1. The summed E-state index contributed by atoms with van der Waals surface area (Å²) in [5, 5.41) is 5.32. The van der Waals surface area contributed by atoms with Crippen LogP contribution in [-0.4, -0.2) is 37.0 Å². The van der Waals surface area contributed by atoms with Crippen LogP contribution >= 0.6 is 0 Å². The van der Waals surface area contributed by atoms with Crippen LogP contribution in [-0.2, 0) is 19.1 Å². The molecule has 0 aliphatic heterocycles. The van der Waals surface area contributed by atoms with Crippen LogP contribution in [0.25, 0.3) is 6.08 Å². The summed E-state index contributed by atoms with van der Waals surface area (Å²) in [5.41, 5.74) is 0.998. The number of ether oxygens (including phenoxy) is 1. The molecule has 6 nitrogen and oxygen atoms in total. The topological polar surface area (TPSA) is 84.5 Å². The van der Waals surface area contributed by atoms with Gasteiger partial charge in [0.05, 0.1) is 7.11 Å². The van der Waals surface area contributed by atoms with Gasteiger partial charge in [-0.15, -0.1) is 0 Å². The first-order valence-electron chi connectivity index (χ1n) is 8.70. The molecule has 0 spiro atoms. The third-order valence-corrected chi connectivity index (χ3v) is 3.68. The van der Waals surface area contributed by atoms with Gasteiger partial charge in [-0.3, -0.25) is 9.59 Å². The third kappa shape index (κ3) is 7.96. The van der Waals surface area contributed by atoms with E-state index in [1.54, 1.807) is 0 Å². The van der Waals surface area contributed by atoms with E-state index in [-0.39, 0.29) is 11.8 Å². The van der Waals surface area contributed by atoms with E-state index in [0.717, 1.165) is 5.56 Å². The number of esters is 1. The quantitative estimate of drug-likeness (QED) is 0.662. The number of carbonyl (C=O) groups excluding carboxylic acids is 3. The van der Waals surface area contributed by atoms with Crippen molar-refractivity contribution < 1.29 is 19.1 Å². The maximum Gasteiger partial charge on any atom is 0.328 e. The Morgan fingerprint density at radius 3 is 2.27 bits per heavy atom. The molecule has 2 atom stereocenters. The van der Waals surface area contributed by atoms with Gasteiger partial charge in [0, 0.05) is 6.92 Å². The standard InChI is InChI=1S/C20H28N2O4/c1-14(2)13-18(21-15(3)23)19(24)22-17(20(25)26-4)12-8-11-16-9-6-5-7-10-16/h5-11,14,17-18H,12-13H2,1-4H3,(H,21,23)(H,22,24)/b11-8+/t17-,18-/m0/s1. The molecule has 0 saturated carbocycles. The molecule has 0 aliphatic rings. The Bertz CT molecular complexity index is 626. The second kappa shape index (κ2) is 11.1. The van der Waals surface area contributed by atoms with Gasteiger partial charge in [-0.1, -0.05) is 56.3 Å². The number of nitrogens with one attached hydrogen (secondary N) is 2. The molecule has 0 bridgehead atoms. The van der Waals surface area contributed by atoms with Crippen molar-refractivity contribution in [2.45, 2.75) is 45.7 Å². The van der Waals surface area contributed by atoms with E-state index in [9.17, 15) is 14.4 Å². The van der Waals surface area contributed by atoms with Crippen LogP contribution < -0.4 is 10.6 Å². The molecule has 0 heterocycles. The highest BCUT2D eigenvalue weighted by molar-refractivity contribution is 5.90. The summed E-state index contributed by atoms with van der Waals surface area (Å²) in [6.07, 6.45) is 4.47. The first-order chi connectivity index (χ1) is 12.3. The van der Waals surface area contributed by atoms with E-state index in [0.29, 0.717) is 12.8 Å². The van der Waals surface area contributed by atoms with Gasteiger partial charge < -0.3 is 15.4 Å². The molecule has 2 amide bonds. The lowest BCUT2D eigenvalue weighted by molar-refractivity contribution is -0.145. The maximum atomic E-state index is 12.5. The SMILES string of the molecule is COC(=O)[C@H](C/C=C/c1ccccc1)NC(=O)[C@H](CC(C)C)NC(C)=O. The van der Waals surface area contributed by atoms with Crippen molar-refractivity contribution in [2.75, 3.05) is 7.11 Å². The molecule has 1 aromatic carbocycles. The number of amides is 2. The van der Waals surface area contributed by atoms with Crippen molar-refractivity contribution in [1.82, 2.24) is 10.6 Å². The minimum atomic E-state index is -0.809. The average molecular weight is 360 g/mol. The lowest BCUT2D eigenvalue weighted by Gasteiger charge is -2.22. The smallest absolute Gasteiger partial charge is 0.328 e. The monoisotopic (exact) mass is 360 g/mol. The molecule has 0 saturated heterocycles. The van der Waals surface area contributed by atoms with Crippen molar-refractivity contribution in [3.63, 3.8) is 0 Å². The van der Waals surface area contributed by atoms with Gasteiger partial charge in [0.25, 0.3) is 0 Å². The molecule has 0 radical (unpaired) electrons. The Hall–Kier alpha value is -2.63. The van der Waals surface area contributed by atoms with Gasteiger partial charge in [0.2, 0.25) is 11.8 Å². The van der Waals surface area contributed by atoms with E-state index in [4.69, 9.17) is 4.74 Å². The molecule has 0 aromatic heterocycles. The summed E-state index contributed by atoms with van der Waals surface area (Å²) < 4.78 is 4.78. The zero-order valence-corrected chi connectivity index (χ0v) is 15.8.